The molecule has 1 aromatic carbocycles. The molecule has 9 heteroatoms. The summed E-state index contributed by atoms with van der Waals surface area (Å²) in [7, 11) is 2.90. The van der Waals surface area contributed by atoms with Crippen molar-refractivity contribution in [2.24, 2.45) is 0 Å². The van der Waals surface area contributed by atoms with Crippen molar-refractivity contribution < 1.29 is 33.3 Å². The van der Waals surface area contributed by atoms with E-state index in [4.69, 9.17) is 18.9 Å². The number of carbonyl (C=O) groups excluding carboxylic acids is 3. The van der Waals surface area contributed by atoms with E-state index in [9.17, 15) is 14.4 Å². The predicted molar refractivity (Wildman–Crippen MR) is 99.6 cm³/mol. The van der Waals surface area contributed by atoms with E-state index >= 15 is 0 Å². The van der Waals surface area contributed by atoms with Gasteiger partial charge in [-0.2, -0.15) is 0 Å². The van der Waals surface area contributed by atoms with Crippen LogP contribution >= 0.6 is 0 Å². The molecule has 1 N–H and O–H groups in total. The molecule has 3 aliphatic heterocycles. The number of amides is 2. The maximum Gasteiger partial charge on any atom is 0.344 e. The molecule has 2 fully saturated rings. The van der Waals surface area contributed by atoms with Gasteiger partial charge in [0.05, 0.1) is 20.3 Å². The van der Waals surface area contributed by atoms with Gasteiger partial charge in [-0.3, -0.25) is 14.5 Å². The van der Waals surface area contributed by atoms with Crippen molar-refractivity contribution in [2.45, 2.75) is 44.1 Å². The highest BCUT2D eigenvalue weighted by Gasteiger charge is 2.47. The summed E-state index contributed by atoms with van der Waals surface area (Å²) in [5.74, 6) is -0.469. The number of hydrogen-bond donors (Lipinski definition) is 1. The molecule has 0 saturated carbocycles. The van der Waals surface area contributed by atoms with Crippen LogP contribution in [-0.4, -0.2) is 62.2 Å². The van der Waals surface area contributed by atoms with Crippen LogP contribution in [0, 0.1) is 0 Å². The normalized spacial score (nSPS) is 25.7. The van der Waals surface area contributed by atoms with Gasteiger partial charge in [-0.05, 0) is 31.4 Å². The molecule has 3 aliphatic rings. The molecule has 2 saturated heterocycles. The van der Waals surface area contributed by atoms with Crippen LogP contribution in [-0.2, 0) is 19.1 Å². The molecular weight excluding hydrogens is 380 g/mol. The lowest BCUT2D eigenvalue weighted by atomic mass is 10.1. The first-order valence-corrected chi connectivity index (χ1v) is 9.71. The quantitative estimate of drug-likeness (QED) is 0.710. The number of esters is 1. The summed E-state index contributed by atoms with van der Waals surface area (Å²) >= 11 is 0. The maximum atomic E-state index is 12.8. The standard InChI is InChI=1S/C20H24N2O7/c1-26-14-7-5-12-16(17(14)27-2)20(25)29-19(12)22-13(6-8-15(22)23)18(24)21-10-11-4-3-9-28-11/h5,7,11,13,19H,3-4,6,8-10H2,1-2H3,(H,21,24)/t11-,13+,19-/m1/s1. The number of likely N-dealkylation sites (tertiary alicyclic amines) is 1. The van der Waals surface area contributed by atoms with E-state index in [0.29, 0.717) is 30.9 Å². The minimum Gasteiger partial charge on any atom is -0.493 e. The first kappa shape index (κ1) is 19.5. The Morgan fingerprint density at radius 1 is 1.24 bits per heavy atom. The second-order valence-corrected chi connectivity index (χ2v) is 7.26. The van der Waals surface area contributed by atoms with Crippen LogP contribution in [0.25, 0.3) is 0 Å². The van der Waals surface area contributed by atoms with Crippen molar-refractivity contribution in [3.63, 3.8) is 0 Å². The predicted octanol–water partition coefficient (Wildman–Crippen LogP) is 1.16. The monoisotopic (exact) mass is 404 g/mol. The average Bonchev–Trinajstić information content (AvgIpc) is 3.45. The molecule has 4 rings (SSSR count). The van der Waals surface area contributed by atoms with Crippen LogP contribution < -0.4 is 14.8 Å². The van der Waals surface area contributed by atoms with Crippen LogP contribution in [0.2, 0.25) is 0 Å². The Morgan fingerprint density at radius 2 is 2.07 bits per heavy atom. The van der Waals surface area contributed by atoms with Crippen LogP contribution in [0.15, 0.2) is 12.1 Å². The third-order valence-electron chi connectivity index (χ3n) is 5.61. The lowest BCUT2D eigenvalue weighted by Crippen LogP contribution is -2.47. The number of ether oxygens (including phenoxy) is 4. The van der Waals surface area contributed by atoms with Gasteiger partial charge in [0, 0.05) is 25.1 Å². The van der Waals surface area contributed by atoms with Gasteiger partial charge in [0.15, 0.2) is 11.5 Å². The number of nitrogens with zero attached hydrogens (tertiary/aromatic N) is 1. The highest BCUT2D eigenvalue weighted by atomic mass is 16.6. The molecule has 0 aliphatic carbocycles. The van der Waals surface area contributed by atoms with Gasteiger partial charge in [-0.15, -0.1) is 0 Å². The molecule has 0 radical (unpaired) electrons. The summed E-state index contributed by atoms with van der Waals surface area (Å²) in [4.78, 5) is 39.3. The molecule has 3 heterocycles. The van der Waals surface area contributed by atoms with Gasteiger partial charge in [0.1, 0.15) is 11.6 Å². The van der Waals surface area contributed by atoms with E-state index in [1.54, 1.807) is 12.1 Å². The SMILES string of the molecule is COc1ccc2c(c1OC)C(=O)O[C@H]2N1C(=O)CC[C@H]1C(=O)NC[C@H]1CCCO1. The third kappa shape index (κ3) is 3.39. The summed E-state index contributed by atoms with van der Waals surface area (Å²) < 4.78 is 21.6. The van der Waals surface area contributed by atoms with E-state index in [2.05, 4.69) is 5.32 Å². The molecule has 9 nitrogen and oxygen atoms in total. The fraction of sp³-hybridized carbons (Fsp3) is 0.550. The topological polar surface area (TPSA) is 103 Å². The number of cyclic esters (lactones) is 1. The largest absolute Gasteiger partial charge is 0.493 e. The van der Waals surface area contributed by atoms with Crippen LogP contribution in [0.4, 0.5) is 0 Å². The van der Waals surface area contributed by atoms with E-state index < -0.39 is 18.2 Å². The summed E-state index contributed by atoms with van der Waals surface area (Å²) in [5, 5.41) is 2.87. The van der Waals surface area contributed by atoms with Crippen LogP contribution in [0.1, 0.15) is 47.8 Å². The first-order valence-electron chi connectivity index (χ1n) is 9.71. The maximum absolute atomic E-state index is 12.8. The van der Waals surface area contributed by atoms with E-state index in [1.165, 1.54) is 19.1 Å². The number of hydrogen-bond acceptors (Lipinski definition) is 7. The first-order chi connectivity index (χ1) is 14.0. The third-order valence-corrected chi connectivity index (χ3v) is 5.61. The fourth-order valence-corrected chi connectivity index (χ4v) is 4.18. The highest BCUT2D eigenvalue weighted by molar-refractivity contribution is 5.99. The second kappa shape index (κ2) is 7.90. The molecule has 1 aromatic rings. The summed E-state index contributed by atoms with van der Waals surface area (Å²) in [6, 6.07) is 2.61. The number of rotatable bonds is 6. The summed E-state index contributed by atoms with van der Waals surface area (Å²) in [6.45, 7) is 1.11. The molecule has 0 spiro atoms. The lowest BCUT2D eigenvalue weighted by molar-refractivity contribution is -0.145. The van der Waals surface area contributed by atoms with Crippen molar-refractivity contribution in [1.82, 2.24) is 10.2 Å². The van der Waals surface area contributed by atoms with Gasteiger partial charge >= 0.3 is 5.97 Å². The van der Waals surface area contributed by atoms with Crippen molar-refractivity contribution in [1.29, 1.82) is 0 Å². The minimum atomic E-state index is -0.967. The Bertz CT molecular complexity index is 834. The Morgan fingerprint density at radius 3 is 2.76 bits per heavy atom. The fourth-order valence-electron chi connectivity index (χ4n) is 4.18. The van der Waals surface area contributed by atoms with Crippen molar-refractivity contribution in [3.05, 3.63) is 23.3 Å². The minimum absolute atomic E-state index is 0.00580. The zero-order valence-corrected chi connectivity index (χ0v) is 16.4. The van der Waals surface area contributed by atoms with E-state index in [-0.39, 0.29) is 35.7 Å². The van der Waals surface area contributed by atoms with Gasteiger partial charge < -0.3 is 24.3 Å². The molecule has 3 atom stereocenters. The number of methoxy groups -OCH3 is 2. The van der Waals surface area contributed by atoms with Gasteiger partial charge in [0.25, 0.3) is 0 Å². The molecule has 0 aromatic heterocycles. The van der Waals surface area contributed by atoms with E-state index in [0.717, 1.165) is 12.8 Å². The van der Waals surface area contributed by atoms with E-state index in [1.807, 2.05) is 0 Å². The molecule has 2 amide bonds. The number of nitrogens with one attached hydrogen (secondary N) is 1. The van der Waals surface area contributed by atoms with Crippen molar-refractivity contribution >= 4 is 17.8 Å². The average molecular weight is 404 g/mol. The Hall–Kier alpha value is -2.81. The summed E-state index contributed by atoms with van der Waals surface area (Å²) in [6.07, 6.45) is 1.51. The second-order valence-electron chi connectivity index (χ2n) is 7.26. The number of carbonyl (C=O) groups is 3. The highest BCUT2D eigenvalue weighted by Crippen LogP contribution is 2.45. The van der Waals surface area contributed by atoms with Crippen molar-refractivity contribution in [3.8, 4) is 11.5 Å². The molecule has 0 bridgehead atoms. The number of fused-ring (bicyclic) bond motifs is 1. The Balaban J connectivity index is 1.58. The Kier molecular flexibility index (Phi) is 5.31. The number of benzene rings is 1. The Labute approximate surface area is 168 Å². The zero-order chi connectivity index (χ0) is 20.5. The smallest absolute Gasteiger partial charge is 0.344 e. The molecule has 29 heavy (non-hydrogen) atoms. The molecule has 0 unspecified atom stereocenters. The zero-order valence-electron chi connectivity index (χ0n) is 16.4. The lowest BCUT2D eigenvalue weighted by Gasteiger charge is -2.29. The van der Waals surface area contributed by atoms with Gasteiger partial charge in [0.2, 0.25) is 18.0 Å². The van der Waals surface area contributed by atoms with Crippen LogP contribution in [0.5, 0.6) is 11.5 Å². The van der Waals surface area contributed by atoms with Gasteiger partial charge in [-0.1, -0.05) is 0 Å². The van der Waals surface area contributed by atoms with Crippen molar-refractivity contribution in [2.75, 3.05) is 27.4 Å². The van der Waals surface area contributed by atoms with Gasteiger partial charge in [-0.25, -0.2) is 4.79 Å². The molecule has 156 valence electrons. The summed E-state index contributed by atoms with van der Waals surface area (Å²) in [5.41, 5.74) is 0.704. The van der Waals surface area contributed by atoms with Crippen LogP contribution in [0.3, 0.4) is 0 Å². The molecular formula is C20H24N2O7.